The van der Waals surface area contributed by atoms with Gasteiger partial charge in [-0.15, -0.1) is 0 Å². The van der Waals surface area contributed by atoms with Crippen molar-refractivity contribution in [3.63, 3.8) is 0 Å². The van der Waals surface area contributed by atoms with Gasteiger partial charge in [0.15, 0.2) is 6.10 Å². The van der Waals surface area contributed by atoms with Crippen LogP contribution in [0.1, 0.15) is 310 Å². The van der Waals surface area contributed by atoms with Gasteiger partial charge in [0, 0.05) is 19.3 Å². The molecule has 74 heavy (non-hydrogen) atoms. The van der Waals surface area contributed by atoms with Crippen LogP contribution in [0.5, 0.6) is 0 Å². The molecule has 0 aliphatic rings. The molecule has 0 aromatic heterocycles. The van der Waals surface area contributed by atoms with Gasteiger partial charge in [-0.2, -0.15) is 0 Å². The lowest BCUT2D eigenvalue weighted by atomic mass is 10.0. The van der Waals surface area contributed by atoms with Crippen molar-refractivity contribution >= 4 is 17.9 Å². The molecular weight excluding hydrogens is 913 g/mol. The van der Waals surface area contributed by atoms with Crippen molar-refractivity contribution in [2.75, 3.05) is 13.2 Å². The minimum atomic E-state index is -0.793. The van der Waals surface area contributed by atoms with Gasteiger partial charge in [-0.25, -0.2) is 0 Å². The van der Waals surface area contributed by atoms with Crippen LogP contribution in [-0.4, -0.2) is 37.2 Å². The lowest BCUT2D eigenvalue weighted by Crippen LogP contribution is -2.30. The fourth-order valence-electron chi connectivity index (χ4n) is 8.87. The van der Waals surface area contributed by atoms with Gasteiger partial charge >= 0.3 is 17.9 Å². The third-order valence-corrected chi connectivity index (χ3v) is 13.6. The summed E-state index contributed by atoms with van der Waals surface area (Å²) in [5.74, 6) is -0.912. The molecule has 1 unspecified atom stereocenters. The molecule has 0 bridgehead atoms. The number of esters is 3. The quantitative estimate of drug-likeness (QED) is 0.0261. The van der Waals surface area contributed by atoms with Crippen LogP contribution in [0.3, 0.4) is 0 Å². The van der Waals surface area contributed by atoms with Crippen LogP contribution in [0.15, 0.2) is 85.1 Å². The first-order valence-electron chi connectivity index (χ1n) is 31.6. The lowest BCUT2D eigenvalue weighted by Gasteiger charge is -2.18. The van der Waals surface area contributed by atoms with E-state index in [0.29, 0.717) is 19.3 Å². The Labute approximate surface area is 458 Å². The van der Waals surface area contributed by atoms with Crippen LogP contribution < -0.4 is 0 Å². The number of unbranched alkanes of at least 4 members (excludes halogenated alkanes) is 32. The summed E-state index contributed by atoms with van der Waals surface area (Å²) < 4.78 is 16.9. The molecule has 0 fully saturated rings. The molecule has 0 spiro atoms. The van der Waals surface area contributed by atoms with Crippen molar-refractivity contribution in [1.82, 2.24) is 0 Å². The number of allylic oxidation sites excluding steroid dienone is 14. The maximum atomic E-state index is 12.9. The number of carbonyl (C=O) groups excluding carboxylic acids is 3. The Balaban J connectivity index is 4.27. The van der Waals surface area contributed by atoms with Crippen LogP contribution >= 0.6 is 0 Å². The van der Waals surface area contributed by atoms with E-state index in [9.17, 15) is 14.4 Å². The lowest BCUT2D eigenvalue weighted by molar-refractivity contribution is -0.167. The summed E-state index contributed by atoms with van der Waals surface area (Å²) in [5, 5.41) is 0. The van der Waals surface area contributed by atoms with E-state index >= 15 is 0 Å². The standard InChI is InChI=1S/C68H118O6/c1-4-7-10-13-16-19-22-25-27-29-30-31-32-33-34-35-36-37-38-40-41-43-46-49-52-55-58-61-67(70)73-64-65(63-72-66(69)60-57-54-51-48-45-24-21-18-15-12-9-6-3)74-68(71)62-59-56-53-50-47-44-42-39-28-26-23-20-17-14-11-8-5-2/h8,11,17-18,20-22,25-26,28-30,42,44,65H,4-7,9-10,12-16,19,23-24,27,31-41,43,45-64H2,1-3H3/b11-8-,20-17-,21-18-,25-22-,28-26-,30-29-,44-42-. The SMILES string of the molecule is CC/C=C\C/C=C\C/C=C\C/C=C\CCCCCCC(=O)OC(COC(=O)CCCCCCC/C=C\CCCCC)COC(=O)CCCCCCCCCCCCCCCCC/C=C\C/C=C\CCCCCCC. The summed E-state index contributed by atoms with van der Waals surface area (Å²) in [4.78, 5) is 38.2. The molecule has 0 amide bonds. The van der Waals surface area contributed by atoms with Crippen molar-refractivity contribution in [2.45, 2.75) is 316 Å². The first kappa shape index (κ1) is 70.6. The van der Waals surface area contributed by atoms with E-state index in [1.165, 1.54) is 161 Å². The molecule has 0 aliphatic heterocycles. The van der Waals surface area contributed by atoms with Gasteiger partial charge in [0.05, 0.1) is 0 Å². The van der Waals surface area contributed by atoms with E-state index in [-0.39, 0.29) is 31.1 Å². The van der Waals surface area contributed by atoms with E-state index < -0.39 is 6.10 Å². The molecule has 0 saturated carbocycles. The Kier molecular flexibility index (Phi) is 59.3. The molecule has 6 heteroatoms. The van der Waals surface area contributed by atoms with Crippen molar-refractivity contribution in [3.8, 4) is 0 Å². The molecule has 1 atom stereocenters. The summed E-state index contributed by atoms with van der Waals surface area (Å²) in [6.07, 6.45) is 81.7. The largest absolute Gasteiger partial charge is 0.462 e. The van der Waals surface area contributed by atoms with E-state index in [2.05, 4.69) is 106 Å². The van der Waals surface area contributed by atoms with Crippen LogP contribution in [0.2, 0.25) is 0 Å². The highest BCUT2D eigenvalue weighted by Gasteiger charge is 2.19. The third kappa shape index (κ3) is 59.5. The van der Waals surface area contributed by atoms with Gasteiger partial charge in [0.2, 0.25) is 0 Å². The summed E-state index contributed by atoms with van der Waals surface area (Å²) in [5.41, 5.74) is 0. The monoisotopic (exact) mass is 1030 g/mol. The molecule has 0 N–H and O–H groups in total. The number of rotatable bonds is 57. The third-order valence-electron chi connectivity index (χ3n) is 13.6. The molecule has 0 saturated heterocycles. The molecule has 426 valence electrons. The van der Waals surface area contributed by atoms with Crippen molar-refractivity contribution in [2.24, 2.45) is 0 Å². The highest BCUT2D eigenvalue weighted by molar-refractivity contribution is 5.71. The molecule has 0 radical (unpaired) electrons. The van der Waals surface area contributed by atoms with Gasteiger partial charge in [-0.3, -0.25) is 14.4 Å². The van der Waals surface area contributed by atoms with E-state index in [1.807, 2.05) is 0 Å². The molecule has 6 nitrogen and oxygen atoms in total. The van der Waals surface area contributed by atoms with Crippen molar-refractivity contribution in [1.29, 1.82) is 0 Å². The fourth-order valence-corrected chi connectivity index (χ4v) is 8.87. The number of ether oxygens (including phenoxy) is 3. The Morgan fingerprint density at radius 2 is 0.527 bits per heavy atom. The second kappa shape index (κ2) is 62.1. The van der Waals surface area contributed by atoms with Crippen LogP contribution in [-0.2, 0) is 28.6 Å². The summed E-state index contributed by atoms with van der Waals surface area (Å²) in [7, 11) is 0. The topological polar surface area (TPSA) is 78.9 Å². The minimum Gasteiger partial charge on any atom is -0.462 e. The summed E-state index contributed by atoms with van der Waals surface area (Å²) in [6, 6.07) is 0. The molecule has 0 heterocycles. The van der Waals surface area contributed by atoms with Crippen LogP contribution in [0, 0.1) is 0 Å². The second-order valence-electron chi connectivity index (χ2n) is 20.9. The van der Waals surface area contributed by atoms with E-state index in [4.69, 9.17) is 14.2 Å². The highest BCUT2D eigenvalue weighted by Crippen LogP contribution is 2.16. The molecule has 0 rings (SSSR count). The predicted molar refractivity (Wildman–Crippen MR) is 321 cm³/mol. The second-order valence-corrected chi connectivity index (χ2v) is 20.9. The molecule has 0 aromatic rings. The van der Waals surface area contributed by atoms with Crippen molar-refractivity contribution < 1.29 is 28.6 Å². The van der Waals surface area contributed by atoms with Crippen molar-refractivity contribution in [3.05, 3.63) is 85.1 Å². The zero-order valence-corrected chi connectivity index (χ0v) is 48.8. The molecule has 0 aromatic carbocycles. The average molecular weight is 1030 g/mol. The Hall–Kier alpha value is -3.41. The van der Waals surface area contributed by atoms with Crippen LogP contribution in [0.25, 0.3) is 0 Å². The van der Waals surface area contributed by atoms with Gasteiger partial charge in [-0.1, -0.05) is 260 Å². The van der Waals surface area contributed by atoms with E-state index in [0.717, 1.165) is 109 Å². The number of hydrogen-bond donors (Lipinski definition) is 0. The van der Waals surface area contributed by atoms with Gasteiger partial charge in [0.25, 0.3) is 0 Å². The minimum absolute atomic E-state index is 0.0879. The van der Waals surface area contributed by atoms with E-state index in [1.54, 1.807) is 0 Å². The summed E-state index contributed by atoms with van der Waals surface area (Å²) >= 11 is 0. The first-order chi connectivity index (χ1) is 36.5. The Morgan fingerprint density at radius 1 is 0.284 bits per heavy atom. The smallest absolute Gasteiger partial charge is 0.306 e. The predicted octanol–water partition coefficient (Wildman–Crippen LogP) is 21.5. The molecule has 0 aliphatic carbocycles. The van der Waals surface area contributed by atoms with Crippen LogP contribution in [0.4, 0.5) is 0 Å². The maximum Gasteiger partial charge on any atom is 0.306 e. The zero-order valence-electron chi connectivity index (χ0n) is 48.8. The zero-order chi connectivity index (χ0) is 53.6. The number of carbonyl (C=O) groups is 3. The highest BCUT2D eigenvalue weighted by atomic mass is 16.6. The van der Waals surface area contributed by atoms with Gasteiger partial charge < -0.3 is 14.2 Å². The normalized spacial score (nSPS) is 12.6. The van der Waals surface area contributed by atoms with Gasteiger partial charge in [0.1, 0.15) is 13.2 Å². The summed E-state index contributed by atoms with van der Waals surface area (Å²) in [6.45, 7) is 6.49. The maximum absolute atomic E-state index is 12.9. The number of hydrogen-bond acceptors (Lipinski definition) is 6. The fraction of sp³-hybridized carbons (Fsp3) is 0.750. The van der Waals surface area contributed by atoms with Gasteiger partial charge in [-0.05, 0) is 116 Å². The first-order valence-corrected chi connectivity index (χ1v) is 31.6. The average Bonchev–Trinajstić information content (AvgIpc) is 3.40. The Morgan fingerprint density at radius 3 is 0.865 bits per heavy atom. The Bertz CT molecular complexity index is 1420. The molecular formula is C68H118O6.